The van der Waals surface area contributed by atoms with Gasteiger partial charge in [-0.1, -0.05) is 46.3 Å². The van der Waals surface area contributed by atoms with Crippen molar-refractivity contribution in [2.24, 2.45) is 4.99 Å². The summed E-state index contributed by atoms with van der Waals surface area (Å²) in [5.41, 5.74) is 2.83. The molecule has 3 aromatic rings. The number of aliphatic imine (C=N–C) groups is 1. The second-order valence-corrected chi connectivity index (χ2v) is 8.46. The molecule has 0 amide bonds. The number of hydrogen-bond donors (Lipinski definition) is 0. The number of benzene rings is 3. The summed E-state index contributed by atoms with van der Waals surface area (Å²) in [5, 5.41) is 0. The summed E-state index contributed by atoms with van der Waals surface area (Å²) in [6.45, 7) is 0.439. The van der Waals surface area contributed by atoms with Gasteiger partial charge in [0, 0.05) is 19.2 Å². The third-order valence-corrected chi connectivity index (χ3v) is 5.48. The molecule has 1 aliphatic heterocycles. The van der Waals surface area contributed by atoms with E-state index in [9.17, 15) is 4.79 Å². The topological polar surface area (TPSA) is 47.9 Å². The van der Waals surface area contributed by atoms with Crippen LogP contribution < -0.4 is 4.74 Å². The van der Waals surface area contributed by atoms with Crippen LogP contribution in [0.2, 0.25) is 0 Å². The maximum absolute atomic E-state index is 12.3. The van der Waals surface area contributed by atoms with E-state index in [-0.39, 0.29) is 5.70 Å². The molecule has 0 aromatic heterocycles. The Bertz CT molecular complexity index is 1110. The summed E-state index contributed by atoms with van der Waals surface area (Å²) in [5.74, 6) is 0.500. The van der Waals surface area contributed by atoms with Gasteiger partial charge in [0.05, 0.1) is 0 Å². The number of nitrogens with zero attached hydrogens (tertiary/aromatic N) is 1. The molecule has 0 bridgehead atoms. The summed E-state index contributed by atoms with van der Waals surface area (Å²) in [6, 6.07) is 23.1. The minimum absolute atomic E-state index is 0.244. The van der Waals surface area contributed by atoms with E-state index in [4.69, 9.17) is 9.47 Å². The lowest BCUT2D eigenvalue weighted by atomic mass is 10.1. The van der Waals surface area contributed by atoms with E-state index in [1.165, 1.54) is 3.57 Å². The molecule has 0 radical (unpaired) electrons. The van der Waals surface area contributed by atoms with Crippen LogP contribution in [0.1, 0.15) is 16.7 Å². The third kappa shape index (κ3) is 4.94. The van der Waals surface area contributed by atoms with Gasteiger partial charge in [-0.15, -0.1) is 0 Å². The lowest BCUT2D eigenvalue weighted by molar-refractivity contribution is -0.129. The highest BCUT2D eigenvalue weighted by atomic mass is 127. The second-order valence-electron chi connectivity index (χ2n) is 6.30. The van der Waals surface area contributed by atoms with Crippen molar-refractivity contribution in [2.45, 2.75) is 6.61 Å². The minimum atomic E-state index is -0.477. The van der Waals surface area contributed by atoms with E-state index in [1.807, 2.05) is 72.8 Å². The average Bonchev–Trinajstić information content (AvgIpc) is 3.09. The highest BCUT2D eigenvalue weighted by Gasteiger charge is 2.24. The van der Waals surface area contributed by atoms with Crippen LogP contribution >= 0.6 is 38.5 Å². The fourth-order valence-corrected chi connectivity index (χ4v) is 3.37. The van der Waals surface area contributed by atoms with Crippen LogP contribution in [0.25, 0.3) is 6.08 Å². The van der Waals surface area contributed by atoms with Gasteiger partial charge in [-0.2, -0.15) is 0 Å². The molecule has 0 saturated carbocycles. The summed E-state index contributed by atoms with van der Waals surface area (Å²) in [4.78, 5) is 16.7. The van der Waals surface area contributed by atoms with Gasteiger partial charge in [-0.05, 0) is 76.7 Å². The third-order valence-electron chi connectivity index (χ3n) is 4.23. The molecule has 0 atom stereocenters. The van der Waals surface area contributed by atoms with Crippen molar-refractivity contribution in [3.05, 3.63) is 103 Å². The Balaban J connectivity index is 1.56. The first kappa shape index (κ1) is 19.8. The Morgan fingerprint density at radius 1 is 1.00 bits per heavy atom. The molecule has 4 nitrogen and oxygen atoms in total. The van der Waals surface area contributed by atoms with Crippen molar-refractivity contribution in [1.29, 1.82) is 0 Å². The molecular formula is C23H15BrINO3. The summed E-state index contributed by atoms with van der Waals surface area (Å²) < 4.78 is 13.4. The molecular weight excluding hydrogens is 545 g/mol. The molecule has 144 valence electrons. The zero-order valence-corrected chi connectivity index (χ0v) is 18.9. The number of esters is 1. The Morgan fingerprint density at radius 2 is 1.72 bits per heavy atom. The minimum Gasteiger partial charge on any atom is -0.488 e. The summed E-state index contributed by atoms with van der Waals surface area (Å²) in [6.07, 6.45) is 1.69. The molecule has 1 aliphatic rings. The maximum atomic E-state index is 12.3. The number of carbonyl (C=O) groups is 1. The highest BCUT2D eigenvalue weighted by molar-refractivity contribution is 14.1. The van der Waals surface area contributed by atoms with Gasteiger partial charge < -0.3 is 9.47 Å². The Hall–Kier alpha value is -2.45. The summed E-state index contributed by atoms with van der Waals surface area (Å²) in [7, 11) is 0. The van der Waals surface area contributed by atoms with Crippen LogP contribution in [0.15, 0.2) is 88.0 Å². The van der Waals surface area contributed by atoms with E-state index in [1.54, 1.807) is 6.08 Å². The standard InChI is InChI=1S/C23H15BrINO3/c24-18-9-7-16(8-10-18)22-26-20(23(27)29-22)13-17-3-1-2-4-21(17)28-14-15-5-11-19(25)12-6-15/h1-13H,14H2/b20-13-. The number of hydrogen-bond acceptors (Lipinski definition) is 4. The largest absolute Gasteiger partial charge is 0.488 e. The lowest BCUT2D eigenvalue weighted by Crippen LogP contribution is -2.05. The van der Waals surface area contributed by atoms with Crippen molar-refractivity contribution in [1.82, 2.24) is 0 Å². The van der Waals surface area contributed by atoms with E-state index >= 15 is 0 Å². The number of ether oxygens (including phenoxy) is 2. The van der Waals surface area contributed by atoms with Gasteiger partial charge in [0.1, 0.15) is 12.4 Å². The van der Waals surface area contributed by atoms with E-state index in [2.05, 4.69) is 43.5 Å². The first-order valence-corrected chi connectivity index (χ1v) is 10.7. The van der Waals surface area contributed by atoms with Crippen LogP contribution in [0.3, 0.4) is 0 Å². The highest BCUT2D eigenvalue weighted by Crippen LogP contribution is 2.26. The summed E-state index contributed by atoms with van der Waals surface area (Å²) >= 11 is 5.66. The van der Waals surface area contributed by atoms with Gasteiger partial charge in [-0.3, -0.25) is 0 Å². The van der Waals surface area contributed by atoms with Crippen molar-refractivity contribution in [2.75, 3.05) is 0 Å². The van der Waals surface area contributed by atoms with Gasteiger partial charge >= 0.3 is 5.97 Å². The molecule has 0 N–H and O–H groups in total. The van der Waals surface area contributed by atoms with Crippen LogP contribution in [-0.2, 0) is 16.1 Å². The number of halogens is 2. The average molecular weight is 560 g/mol. The normalized spacial score (nSPS) is 14.6. The van der Waals surface area contributed by atoms with Crippen LogP contribution in [0.5, 0.6) is 5.75 Å². The zero-order chi connectivity index (χ0) is 20.2. The van der Waals surface area contributed by atoms with E-state index < -0.39 is 5.97 Å². The number of rotatable bonds is 5. The molecule has 1 heterocycles. The van der Waals surface area contributed by atoms with Crippen LogP contribution in [0, 0.1) is 3.57 Å². The Labute approximate surface area is 190 Å². The van der Waals surface area contributed by atoms with Crippen molar-refractivity contribution in [3.8, 4) is 5.75 Å². The number of cyclic esters (lactones) is 1. The van der Waals surface area contributed by atoms with Gasteiger partial charge in [0.2, 0.25) is 5.90 Å². The van der Waals surface area contributed by atoms with Gasteiger partial charge in [0.15, 0.2) is 5.70 Å². The SMILES string of the molecule is O=C1OC(c2ccc(Br)cc2)=N/C1=C\c1ccccc1OCc1ccc(I)cc1. The zero-order valence-electron chi connectivity index (χ0n) is 15.1. The molecule has 29 heavy (non-hydrogen) atoms. The molecule has 3 aromatic carbocycles. The van der Waals surface area contributed by atoms with Gasteiger partial charge in [0.25, 0.3) is 0 Å². The molecule has 0 unspecified atom stereocenters. The van der Waals surface area contributed by atoms with Gasteiger partial charge in [-0.25, -0.2) is 9.79 Å². The predicted molar refractivity (Wildman–Crippen MR) is 125 cm³/mol. The Kier molecular flexibility index (Phi) is 6.10. The van der Waals surface area contributed by atoms with Crippen molar-refractivity contribution >= 4 is 56.5 Å². The molecule has 0 aliphatic carbocycles. The molecule has 0 saturated heterocycles. The molecule has 0 fully saturated rings. The van der Waals surface area contributed by atoms with Crippen LogP contribution in [0.4, 0.5) is 0 Å². The molecule has 0 spiro atoms. The monoisotopic (exact) mass is 559 g/mol. The van der Waals surface area contributed by atoms with Crippen LogP contribution in [-0.4, -0.2) is 11.9 Å². The maximum Gasteiger partial charge on any atom is 0.363 e. The molecule has 4 rings (SSSR count). The fraction of sp³-hybridized carbons (Fsp3) is 0.0435. The predicted octanol–water partition coefficient (Wildman–Crippen LogP) is 5.98. The number of para-hydroxylation sites is 1. The first-order valence-electron chi connectivity index (χ1n) is 8.83. The molecule has 6 heteroatoms. The van der Waals surface area contributed by atoms with E-state index in [0.717, 1.165) is 21.2 Å². The Morgan fingerprint density at radius 3 is 2.48 bits per heavy atom. The fourth-order valence-electron chi connectivity index (χ4n) is 2.75. The smallest absolute Gasteiger partial charge is 0.363 e. The lowest BCUT2D eigenvalue weighted by Gasteiger charge is -2.09. The second kappa shape index (κ2) is 8.92. The quantitative estimate of drug-likeness (QED) is 0.219. The van der Waals surface area contributed by atoms with Crippen molar-refractivity contribution in [3.63, 3.8) is 0 Å². The number of carbonyl (C=O) groups excluding carboxylic acids is 1. The van der Waals surface area contributed by atoms with Crippen molar-refractivity contribution < 1.29 is 14.3 Å². The first-order chi connectivity index (χ1) is 14.1. The van der Waals surface area contributed by atoms with E-state index in [0.29, 0.717) is 18.3 Å².